The van der Waals surface area contributed by atoms with Crippen molar-refractivity contribution in [3.63, 3.8) is 0 Å². The summed E-state index contributed by atoms with van der Waals surface area (Å²) in [6.07, 6.45) is 3.64. The Labute approximate surface area is 114 Å². The number of carbonyl (C=O) groups is 1. The molecule has 5 heteroatoms. The van der Waals surface area contributed by atoms with Crippen molar-refractivity contribution in [2.45, 2.75) is 32.8 Å². The number of nitrogens with one attached hydrogen (secondary N) is 1. The molecule has 0 aliphatic rings. The van der Waals surface area contributed by atoms with E-state index in [1.165, 1.54) is 19.5 Å². The number of nitrogens with zero attached hydrogens (tertiary/aromatic N) is 1. The van der Waals surface area contributed by atoms with Gasteiger partial charge in [0.25, 0.3) is 5.91 Å². The van der Waals surface area contributed by atoms with Gasteiger partial charge in [0.15, 0.2) is 0 Å². The van der Waals surface area contributed by atoms with Gasteiger partial charge in [-0.25, -0.2) is 0 Å². The van der Waals surface area contributed by atoms with E-state index < -0.39 is 5.60 Å². The van der Waals surface area contributed by atoms with Gasteiger partial charge in [-0.05, 0) is 25.3 Å². The van der Waals surface area contributed by atoms with E-state index in [1.807, 2.05) is 13.8 Å². The fourth-order valence-electron chi connectivity index (χ4n) is 2.05. The Morgan fingerprint density at radius 3 is 2.84 bits per heavy atom. The van der Waals surface area contributed by atoms with Crippen molar-refractivity contribution >= 4 is 5.91 Å². The van der Waals surface area contributed by atoms with E-state index in [0.717, 1.165) is 0 Å². The van der Waals surface area contributed by atoms with Gasteiger partial charge in [-0.2, -0.15) is 0 Å². The summed E-state index contributed by atoms with van der Waals surface area (Å²) in [4.78, 5) is 15.9. The Kier molecular flexibility index (Phi) is 5.30. The molecule has 0 saturated carbocycles. The fraction of sp³-hybridized carbons (Fsp3) is 0.571. The number of amides is 1. The summed E-state index contributed by atoms with van der Waals surface area (Å²) in [6.45, 7) is 5.98. The second-order valence-electron chi connectivity index (χ2n) is 5.35. The van der Waals surface area contributed by atoms with E-state index in [-0.39, 0.29) is 12.5 Å². The molecule has 1 unspecified atom stereocenters. The molecule has 1 aromatic rings. The summed E-state index contributed by atoms with van der Waals surface area (Å²) >= 11 is 0. The highest BCUT2D eigenvalue weighted by Gasteiger charge is 2.23. The number of ether oxygens (including phenoxy) is 1. The molecule has 106 valence electrons. The highest BCUT2D eigenvalue weighted by molar-refractivity contribution is 5.96. The minimum absolute atomic E-state index is 0.204. The molecule has 0 aliphatic carbocycles. The van der Waals surface area contributed by atoms with Crippen molar-refractivity contribution in [2.24, 2.45) is 5.92 Å². The Morgan fingerprint density at radius 2 is 2.26 bits per heavy atom. The highest BCUT2D eigenvalue weighted by atomic mass is 16.5. The van der Waals surface area contributed by atoms with Gasteiger partial charge in [-0.3, -0.25) is 9.78 Å². The minimum Gasteiger partial charge on any atom is -0.494 e. The van der Waals surface area contributed by atoms with Crippen molar-refractivity contribution in [1.82, 2.24) is 10.3 Å². The molecule has 0 aromatic carbocycles. The molecule has 2 N–H and O–H groups in total. The Balaban J connectivity index is 2.65. The van der Waals surface area contributed by atoms with Crippen LogP contribution in [-0.4, -0.2) is 35.3 Å². The number of hydrogen-bond donors (Lipinski definition) is 2. The summed E-state index contributed by atoms with van der Waals surface area (Å²) in [5.74, 6) is 0.508. The summed E-state index contributed by atoms with van der Waals surface area (Å²) in [5.41, 5.74) is -0.498. The van der Waals surface area contributed by atoms with Crippen LogP contribution in [-0.2, 0) is 0 Å². The summed E-state index contributed by atoms with van der Waals surface area (Å²) in [5, 5.41) is 12.9. The maximum Gasteiger partial charge on any atom is 0.255 e. The van der Waals surface area contributed by atoms with Crippen LogP contribution in [0.25, 0.3) is 0 Å². The van der Waals surface area contributed by atoms with Gasteiger partial charge in [0.05, 0.1) is 24.5 Å². The van der Waals surface area contributed by atoms with E-state index in [2.05, 4.69) is 10.3 Å². The van der Waals surface area contributed by atoms with Crippen LogP contribution in [0, 0.1) is 5.92 Å². The molecule has 0 saturated heterocycles. The lowest BCUT2D eigenvalue weighted by Gasteiger charge is -2.25. The molecule has 0 radical (unpaired) electrons. The Bertz CT molecular complexity index is 430. The van der Waals surface area contributed by atoms with Gasteiger partial charge < -0.3 is 15.2 Å². The van der Waals surface area contributed by atoms with Crippen LogP contribution >= 0.6 is 0 Å². The van der Waals surface area contributed by atoms with E-state index in [1.54, 1.807) is 13.0 Å². The summed E-state index contributed by atoms with van der Waals surface area (Å²) < 4.78 is 5.08. The molecule has 1 aromatic heterocycles. The molecule has 0 bridgehead atoms. The van der Waals surface area contributed by atoms with Crippen LogP contribution in [0.4, 0.5) is 0 Å². The number of pyridine rings is 1. The van der Waals surface area contributed by atoms with Gasteiger partial charge in [0.1, 0.15) is 5.75 Å². The molecule has 1 rings (SSSR count). The number of aliphatic hydroxyl groups is 1. The average Bonchev–Trinajstić information content (AvgIpc) is 2.34. The van der Waals surface area contributed by atoms with Crippen LogP contribution < -0.4 is 10.1 Å². The molecule has 0 spiro atoms. The number of aromatic nitrogens is 1. The Morgan fingerprint density at radius 1 is 1.58 bits per heavy atom. The van der Waals surface area contributed by atoms with E-state index >= 15 is 0 Å². The number of rotatable bonds is 6. The van der Waals surface area contributed by atoms with Crippen molar-refractivity contribution < 1.29 is 14.6 Å². The van der Waals surface area contributed by atoms with Gasteiger partial charge in [0, 0.05) is 12.7 Å². The lowest BCUT2D eigenvalue weighted by atomic mass is 9.94. The van der Waals surface area contributed by atoms with Gasteiger partial charge >= 0.3 is 0 Å². The molecular formula is C14H22N2O3. The third kappa shape index (κ3) is 4.87. The second-order valence-corrected chi connectivity index (χ2v) is 5.35. The predicted molar refractivity (Wildman–Crippen MR) is 73.2 cm³/mol. The van der Waals surface area contributed by atoms with Crippen LogP contribution in [0.1, 0.15) is 37.6 Å². The first-order chi connectivity index (χ1) is 8.85. The molecule has 19 heavy (non-hydrogen) atoms. The fourth-order valence-corrected chi connectivity index (χ4v) is 2.05. The van der Waals surface area contributed by atoms with Gasteiger partial charge in [0.2, 0.25) is 0 Å². The van der Waals surface area contributed by atoms with Crippen molar-refractivity contribution in [3.05, 3.63) is 24.0 Å². The van der Waals surface area contributed by atoms with Gasteiger partial charge in [-0.15, -0.1) is 0 Å². The van der Waals surface area contributed by atoms with E-state index in [4.69, 9.17) is 4.74 Å². The monoisotopic (exact) mass is 266 g/mol. The second kappa shape index (κ2) is 6.52. The van der Waals surface area contributed by atoms with Crippen LogP contribution in [0.15, 0.2) is 18.5 Å². The minimum atomic E-state index is -0.913. The van der Waals surface area contributed by atoms with Crippen LogP contribution in [0.2, 0.25) is 0 Å². The molecule has 0 aliphatic heterocycles. The SMILES string of the molecule is COc1cnccc1C(=O)NCC(C)(O)CC(C)C. The molecule has 5 nitrogen and oxygen atoms in total. The number of hydrogen-bond acceptors (Lipinski definition) is 4. The first kappa shape index (κ1) is 15.4. The standard InChI is InChI=1S/C14H22N2O3/c1-10(2)7-14(3,18)9-16-13(17)11-5-6-15-8-12(11)19-4/h5-6,8,10,18H,7,9H2,1-4H3,(H,16,17). The smallest absolute Gasteiger partial charge is 0.255 e. The zero-order valence-electron chi connectivity index (χ0n) is 11.9. The molecule has 0 fully saturated rings. The summed E-state index contributed by atoms with van der Waals surface area (Å²) in [7, 11) is 1.49. The van der Waals surface area contributed by atoms with Crippen LogP contribution in [0.5, 0.6) is 5.75 Å². The molecule has 1 heterocycles. The highest BCUT2D eigenvalue weighted by Crippen LogP contribution is 2.17. The average molecular weight is 266 g/mol. The third-order valence-electron chi connectivity index (χ3n) is 2.73. The number of methoxy groups -OCH3 is 1. The van der Waals surface area contributed by atoms with Crippen molar-refractivity contribution in [3.8, 4) is 5.75 Å². The van der Waals surface area contributed by atoms with Crippen molar-refractivity contribution in [1.29, 1.82) is 0 Å². The Hall–Kier alpha value is -1.62. The molecule has 1 atom stereocenters. The van der Waals surface area contributed by atoms with E-state index in [0.29, 0.717) is 23.7 Å². The van der Waals surface area contributed by atoms with Gasteiger partial charge in [-0.1, -0.05) is 13.8 Å². The lowest BCUT2D eigenvalue weighted by molar-refractivity contribution is 0.0368. The first-order valence-corrected chi connectivity index (χ1v) is 6.34. The maximum atomic E-state index is 12.0. The zero-order chi connectivity index (χ0) is 14.5. The molecule has 1 amide bonds. The largest absolute Gasteiger partial charge is 0.494 e. The predicted octanol–water partition coefficient (Wildman–Crippen LogP) is 1.62. The van der Waals surface area contributed by atoms with E-state index in [9.17, 15) is 9.90 Å². The lowest BCUT2D eigenvalue weighted by Crippen LogP contribution is -2.41. The third-order valence-corrected chi connectivity index (χ3v) is 2.73. The zero-order valence-corrected chi connectivity index (χ0v) is 11.9. The summed E-state index contributed by atoms with van der Waals surface area (Å²) in [6, 6.07) is 1.59. The number of carbonyl (C=O) groups excluding carboxylic acids is 1. The molecular weight excluding hydrogens is 244 g/mol. The normalized spacial score (nSPS) is 14.0. The quantitative estimate of drug-likeness (QED) is 0.820. The van der Waals surface area contributed by atoms with Crippen molar-refractivity contribution in [2.75, 3.05) is 13.7 Å². The maximum absolute atomic E-state index is 12.0. The first-order valence-electron chi connectivity index (χ1n) is 6.34. The topological polar surface area (TPSA) is 71.5 Å². The van der Waals surface area contributed by atoms with Crippen LogP contribution in [0.3, 0.4) is 0 Å².